The Bertz CT molecular complexity index is 457. The number of nitrogens with two attached hydrogens (primary N) is 1. The van der Waals surface area contributed by atoms with Crippen LogP contribution in [0, 0.1) is 11.2 Å². The molecule has 3 nitrogen and oxygen atoms in total. The number of nitrogens with zero attached hydrogens (tertiary/aromatic N) is 1. The minimum atomic E-state index is -4.30. The lowest BCUT2D eigenvalue weighted by atomic mass is 10.1. The van der Waals surface area contributed by atoms with Crippen LogP contribution in [0.4, 0.5) is 17.6 Å². The van der Waals surface area contributed by atoms with E-state index >= 15 is 0 Å². The topological polar surface area (TPSA) is 53.1 Å². The van der Waals surface area contributed by atoms with Crippen LogP contribution in [0.1, 0.15) is 18.1 Å². The first kappa shape index (κ1) is 15.4. The van der Waals surface area contributed by atoms with E-state index in [9.17, 15) is 17.6 Å². The molecule has 0 saturated carbocycles. The van der Waals surface area contributed by atoms with E-state index in [-0.39, 0.29) is 24.5 Å². The van der Waals surface area contributed by atoms with Gasteiger partial charge in [0.1, 0.15) is 11.7 Å². The highest BCUT2D eigenvalue weighted by Crippen LogP contribution is 2.19. The highest BCUT2D eigenvalue weighted by molar-refractivity contribution is 5.96. The van der Waals surface area contributed by atoms with Gasteiger partial charge in [-0.1, -0.05) is 13.0 Å². The number of amidine groups is 1. The molecule has 1 rings (SSSR count). The molecule has 0 bridgehead atoms. The van der Waals surface area contributed by atoms with Gasteiger partial charge in [-0.15, -0.1) is 0 Å². The second-order valence-corrected chi connectivity index (χ2v) is 4.13. The number of halogens is 4. The van der Waals surface area contributed by atoms with Crippen LogP contribution in [0.5, 0.6) is 0 Å². The molecule has 0 spiro atoms. The second kappa shape index (κ2) is 6.01. The SMILES string of the molecule is CCN(Cc1ccc(F)cc1C(=N)N)CC(F)(F)F. The fraction of sp³-hybridized carbons (Fsp3) is 0.417. The van der Waals surface area contributed by atoms with Crippen molar-refractivity contribution in [2.75, 3.05) is 13.1 Å². The van der Waals surface area contributed by atoms with E-state index in [2.05, 4.69) is 0 Å². The van der Waals surface area contributed by atoms with Gasteiger partial charge >= 0.3 is 6.18 Å². The van der Waals surface area contributed by atoms with Gasteiger partial charge in [-0.2, -0.15) is 13.2 Å². The second-order valence-electron chi connectivity index (χ2n) is 4.13. The zero-order chi connectivity index (χ0) is 14.6. The zero-order valence-corrected chi connectivity index (χ0v) is 10.4. The normalized spacial score (nSPS) is 11.9. The monoisotopic (exact) mass is 277 g/mol. The van der Waals surface area contributed by atoms with Gasteiger partial charge in [0.25, 0.3) is 0 Å². The van der Waals surface area contributed by atoms with Gasteiger partial charge in [0, 0.05) is 12.1 Å². The molecule has 3 N–H and O–H groups in total. The summed E-state index contributed by atoms with van der Waals surface area (Å²) in [5.41, 5.74) is 5.83. The Labute approximate surface area is 108 Å². The third kappa shape index (κ3) is 4.86. The Morgan fingerprint density at radius 2 is 2.00 bits per heavy atom. The van der Waals surface area contributed by atoms with E-state index in [1.807, 2.05) is 0 Å². The van der Waals surface area contributed by atoms with E-state index in [0.29, 0.717) is 5.56 Å². The van der Waals surface area contributed by atoms with Crippen molar-refractivity contribution in [1.82, 2.24) is 4.90 Å². The summed E-state index contributed by atoms with van der Waals surface area (Å²) in [6.45, 7) is 0.695. The van der Waals surface area contributed by atoms with Crippen molar-refractivity contribution in [2.45, 2.75) is 19.6 Å². The number of benzene rings is 1. The standard InChI is InChI=1S/C12H15F4N3/c1-2-19(7-12(14,15)16)6-8-3-4-9(13)5-10(8)11(17)18/h3-5H,2,6-7H2,1H3,(H3,17,18). The Balaban J connectivity index is 2.94. The van der Waals surface area contributed by atoms with E-state index in [1.165, 1.54) is 6.07 Å². The molecule has 0 saturated heterocycles. The Kier molecular flexibility index (Phi) is 4.88. The lowest BCUT2D eigenvalue weighted by Crippen LogP contribution is -2.34. The quantitative estimate of drug-likeness (QED) is 0.493. The van der Waals surface area contributed by atoms with Crippen molar-refractivity contribution in [3.05, 3.63) is 35.1 Å². The minimum absolute atomic E-state index is 0.0365. The van der Waals surface area contributed by atoms with Crippen LogP contribution in [0.15, 0.2) is 18.2 Å². The predicted molar refractivity (Wildman–Crippen MR) is 64.4 cm³/mol. The fourth-order valence-electron chi connectivity index (χ4n) is 1.71. The number of alkyl halides is 3. The smallest absolute Gasteiger partial charge is 0.384 e. The molecule has 0 unspecified atom stereocenters. The molecule has 0 aliphatic heterocycles. The molecule has 0 aliphatic rings. The van der Waals surface area contributed by atoms with Gasteiger partial charge in [-0.25, -0.2) is 4.39 Å². The van der Waals surface area contributed by atoms with Gasteiger partial charge in [0.2, 0.25) is 0 Å². The van der Waals surface area contributed by atoms with Gasteiger partial charge in [0.05, 0.1) is 6.54 Å². The number of rotatable bonds is 5. The molecule has 0 aliphatic carbocycles. The lowest BCUT2D eigenvalue weighted by Gasteiger charge is -2.23. The molecule has 7 heteroatoms. The molecule has 0 heterocycles. The fourth-order valence-corrected chi connectivity index (χ4v) is 1.71. The van der Waals surface area contributed by atoms with Crippen LogP contribution >= 0.6 is 0 Å². The molecule has 106 valence electrons. The predicted octanol–water partition coefficient (Wildman–Crippen LogP) is 2.49. The molecule has 0 fully saturated rings. The maximum Gasteiger partial charge on any atom is 0.401 e. The van der Waals surface area contributed by atoms with Crippen LogP contribution < -0.4 is 5.73 Å². The first-order chi connectivity index (χ1) is 8.73. The maximum atomic E-state index is 13.1. The lowest BCUT2D eigenvalue weighted by molar-refractivity contribution is -0.146. The van der Waals surface area contributed by atoms with Gasteiger partial charge in [0.15, 0.2) is 0 Å². The Morgan fingerprint density at radius 1 is 1.37 bits per heavy atom. The molecular formula is C12H15F4N3. The Morgan fingerprint density at radius 3 is 2.47 bits per heavy atom. The maximum absolute atomic E-state index is 13.1. The molecule has 1 aromatic carbocycles. The molecule has 0 atom stereocenters. The first-order valence-electron chi connectivity index (χ1n) is 5.65. The molecule has 0 amide bonds. The van der Waals surface area contributed by atoms with Gasteiger partial charge in [-0.05, 0) is 24.2 Å². The van der Waals surface area contributed by atoms with Crippen molar-refractivity contribution in [3.63, 3.8) is 0 Å². The molecular weight excluding hydrogens is 262 g/mol. The van der Waals surface area contributed by atoms with Gasteiger partial charge in [-0.3, -0.25) is 10.3 Å². The summed E-state index contributed by atoms with van der Waals surface area (Å²) in [6.07, 6.45) is -4.30. The number of nitrogen functional groups attached to an aromatic ring is 1. The van der Waals surface area contributed by atoms with Crippen molar-refractivity contribution in [2.24, 2.45) is 5.73 Å². The summed E-state index contributed by atoms with van der Waals surface area (Å²) in [6, 6.07) is 3.55. The van der Waals surface area contributed by atoms with E-state index < -0.39 is 18.5 Å². The number of nitrogens with one attached hydrogen (secondary N) is 1. The molecule has 0 radical (unpaired) electrons. The highest BCUT2D eigenvalue weighted by atomic mass is 19.4. The van der Waals surface area contributed by atoms with E-state index in [4.69, 9.17) is 11.1 Å². The summed E-state index contributed by atoms with van der Waals surface area (Å²) in [7, 11) is 0. The zero-order valence-electron chi connectivity index (χ0n) is 10.4. The van der Waals surface area contributed by atoms with Crippen LogP contribution in [0.3, 0.4) is 0 Å². The number of hydrogen-bond acceptors (Lipinski definition) is 2. The summed E-state index contributed by atoms with van der Waals surface area (Å²) >= 11 is 0. The van der Waals surface area contributed by atoms with Crippen molar-refractivity contribution in [3.8, 4) is 0 Å². The van der Waals surface area contributed by atoms with Crippen molar-refractivity contribution < 1.29 is 17.6 Å². The van der Waals surface area contributed by atoms with E-state index in [1.54, 1.807) is 6.92 Å². The average molecular weight is 277 g/mol. The largest absolute Gasteiger partial charge is 0.401 e. The van der Waals surface area contributed by atoms with Crippen molar-refractivity contribution >= 4 is 5.84 Å². The molecule has 19 heavy (non-hydrogen) atoms. The molecule has 1 aromatic rings. The van der Waals surface area contributed by atoms with E-state index in [0.717, 1.165) is 17.0 Å². The Hall–Kier alpha value is -1.63. The number of hydrogen-bond donors (Lipinski definition) is 2. The van der Waals surface area contributed by atoms with Crippen LogP contribution in [0.25, 0.3) is 0 Å². The third-order valence-electron chi connectivity index (χ3n) is 2.61. The minimum Gasteiger partial charge on any atom is -0.384 e. The summed E-state index contributed by atoms with van der Waals surface area (Å²) in [5.74, 6) is -0.939. The van der Waals surface area contributed by atoms with Crippen LogP contribution in [-0.2, 0) is 6.54 Å². The first-order valence-corrected chi connectivity index (χ1v) is 5.65. The summed E-state index contributed by atoms with van der Waals surface area (Å²) in [5, 5.41) is 7.32. The third-order valence-corrected chi connectivity index (χ3v) is 2.61. The highest BCUT2D eigenvalue weighted by Gasteiger charge is 2.30. The van der Waals surface area contributed by atoms with Gasteiger partial charge < -0.3 is 5.73 Å². The van der Waals surface area contributed by atoms with Crippen LogP contribution in [-0.4, -0.2) is 30.0 Å². The summed E-state index contributed by atoms with van der Waals surface area (Å²) < 4.78 is 50.1. The summed E-state index contributed by atoms with van der Waals surface area (Å²) in [4.78, 5) is 1.15. The van der Waals surface area contributed by atoms with Crippen molar-refractivity contribution in [1.29, 1.82) is 5.41 Å². The van der Waals surface area contributed by atoms with Crippen LogP contribution in [0.2, 0.25) is 0 Å². The average Bonchev–Trinajstić information content (AvgIpc) is 2.28. The molecule has 0 aromatic heterocycles.